The number of H-pyrrole nitrogens is 2. The van der Waals surface area contributed by atoms with Crippen LogP contribution in [0.4, 0.5) is 20.2 Å². The van der Waals surface area contributed by atoms with E-state index >= 15 is 4.39 Å². The number of halogens is 2. The minimum atomic E-state index is -0.525. The summed E-state index contributed by atoms with van der Waals surface area (Å²) in [5.41, 5.74) is 5.63. The maximum Gasteiger partial charge on any atom is 0.228 e. The smallest absolute Gasteiger partial charge is 0.228 e. The Morgan fingerprint density at radius 2 is 1.73 bits per heavy atom. The van der Waals surface area contributed by atoms with E-state index in [2.05, 4.69) is 35.8 Å². The number of aromatic nitrogens is 6. The van der Waals surface area contributed by atoms with Crippen LogP contribution in [-0.2, 0) is 11.2 Å². The number of fused-ring (bicyclic) bond motifs is 2. The molecule has 0 saturated heterocycles. The zero-order valence-corrected chi connectivity index (χ0v) is 26.2. The number of hydrogen-bond acceptors (Lipinski definition) is 7. The Hall–Kier alpha value is -6.01. The standard InChI is InChI=1S/C36H31F2N9O/c1-47(2)13-12-40-25-16-22(15-24(37)18-25)33-34-29(10-11-41-33)43-36(44-34)35-31-28(45-46-35)9-8-27(32(31)38)23-17-26(20-39-19-23)42-30(48)14-21-6-4-3-5-7-21/h3-11,15-20,40H,12-14H2,1-2H3,(H,42,48)(H,43,44)(H,45,46). The second-order valence-electron chi connectivity index (χ2n) is 11.7. The van der Waals surface area contributed by atoms with E-state index in [0.717, 1.165) is 12.1 Å². The van der Waals surface area contributed by atoms with Crippen molar-refractivity contribution in [3.8, 4) is 33.9 Å². The summed E-state index contributed by atoms with van der Waals surface area (Å²) in [6.07, 6.45) is 4.88. The summed E-state index contributed by atoms with van der Waals surface area (Å²) >= 11 is 0. The number of imidazole rings is 1. The number of pyridine rings is 2. The number of carbonyl (C=O) groups is 1. The Morgan fingerprint density at radius 3 is 2.56 bits per heavy atom. The van der Waals surface area contributed by atoms with Gasteiger partial charge < -0.3 is 20.5 Å². The molecule has 10 nitrogen and oxygen atoms in total. The van der Waals surface area contributed by atoms with E-state index in [-0.39, 0.29) is 29.0 Å². The minimum Gasteiger partial charge on any atom is -0.384 e. The number of rotatable bonds is 10. The van der Waals surface area contributed by atoms with Gasteiger partial charge in [-0.2, -0.15) is 5.10 Å². The molecule has 48 heavy (non-hydrogen) atoms. The summed E-state index contributed by atoms with van der Waals surface area (Å²) in [6.45, 7) is 1.43. The van der Waals surface area contributed by atoms with Crippen LogP contribution in [0.15, 0.2) is 91.4 Å². The van der Waals surface area contributed by atoms with Crippen molar-refractivity contribution in [3.05, 3.63) is 109 Å². The molecule has 0 radical (unpaired) electrons. The van der Waals surface area contributed by atoms with Gasteiger partial charge in [-0.15, -0.1) is 0 Å². The van der Waals surface area contributed by atoms with Crippen molar-refractivity contribution in [3.63, 3.8) is 0 Å². The normalized spacial score (nSPS) is 11.4. The summed E-state index contributed by atoms with van der Waals surface area (Å²) in [7, 11) is 3.94. The van der Waals surface area contributed by atoms with Gasteiger partial charge in [-0.1, -0.05) is 30.3 Å². The zero-order chi connectivity index (χ0) is 33.2. The van der Waals surface area contributed by atoms with Gasteiger partial charge in [0, 0.05) is 47.9 Å². The van der Waals surface area contributed by atoms with Crippen LogP contribution in [0.5, 0.6) is 0 Å². The molecule has 4 heterocycles. The second kappa shape index (κ2) is 13.0. The van der Waals surface area contributed by atoms with Crippen molar-refractivity contribution in [1.82, 2.24) is 35.0 Å². The van der Waals surface area contributed by atoms with Gasteiger partial charge in [0.2, 0.25) is 5.91 Å². The average Bonchev–Trinajstić information content (AvgIpc) is 3.70. The Morgan fingerprint density at radius 1 is 0.896 bits per heavy atom. The summed E-state index contributed by atoms with van der Waals surface area (Å²) in [5.74, 6) is -0.816. The molecule has 0 saturated carbocycles. The van der Waals surface area contributed by atoms with Gasteiger partial charge in [0.1, 0.15) is 22.8 Å². The molecular formula is C36H31F2N9O. The summed E-state index contributed by atoms with van der Waals surface area (Å²) < 4.78 is 31.1. The first kappa shape index (κ1) is 30.6. The lowest BCUT2D eigenvalue weighted by atomic mass is 10.0. The van der Waals surface area contributed by atoms with Crippen LogP contribution in [0.25, 0.3) is 55.8 Å². The highest BCUT2D eigenvalue weighted by Gasteiger charge is 2.21. The van der Waals surface area contributed by atoms with Crippen molar-refractivity contribution in [2.75, 3.05) is 37.8 Å². The van der Waals surface area contributed by atoms with Crippen molar-refractivity contribution in [1.29, 1.82) is 0 Å². The van der Waals surface area contributed by atoms with Crippen molar-refractivity contribution in [2.24, 2.45) is 0 Å². The molecule has 7 rings (SSSR count). The molecule has 240 valence electrons. The number of likely N-dealkylation sites (N-methyl/N-ethyl adjacent to an activating group) is 1. The molecule has 7 aromatic rings. The number of anilines is 2. The maximum absolute atomic E-state index is 16.4. The predicted molar refractivity (Wildman–Crippen MR) is 183 cm³/mol. The molecule has 0 bridgehead atoms. The third kappa shape index (κ3) is 6.33. The monoisotopic (exact) mass is 643 g/mol. The topological polar surface area (TPSA) is 128 Å². The number of nitrogens with zero attached hydrogens (tertiary/aromatic N) is 5. The highest BCUT2D eigenvalue weighted by Crippen LogP contribution is 2.36. The quantitative estimate of drug-likeness (QED) is 0.131. The molecule has 0 aliphatic carbocycles. The number of carbonyl (C=O) groups excluding carboxylic acids is 1. The fourth-order valence-corrected chi connectivity index (χ4v) is 5.62. The highest BCUT2D eigenvalue weighted by molar-refractivity contribution is 5.98. The Balaban J connectivity index is 1.21. The predicted octanol–water partition coefficient (Wildman–Crippen LogP) is 6.66. The van der Waals surface area contributed by atoms with E-state index in [1.54, 1.807) is 36.7 Å². The number of hydrogen-bond donors (Lipinski definition) is 4. The average molecular weight is 644 g/mol. The molecule has 0 unspecified atom stereocenters. The lowest BCUT2D eigenvalue weighted by molar-refractivity contribution is -0.115. The number of nitrogens with one attached hydrogen (secondary N) is 4. The van der Waals surface area contributed by atoms with Crippen LogP contribution in [0.2, 0.25) is 0 Å². The summed E-state index contributed by atoms with van der Waals surface area (Å²) in [6, 6.07) is 20.9. The largest absolute Gasteiger partial charge is 0.384 e. The van der Waals surface area contributed by atoms with Crippen LogP contribution < -0.4 is 10.6 Å². The highest BCUT2D eigenvalue weighted by atomic mass is 19.1. The molecule has 3 aromatic carbocycles. The van der Waals surface area contributed by atoms with Gasteiger partial charge >= 0.3 is 0 Å². The molecular weight excluding hydrogens is 612 g/mol. The fraction of sp³-hybridized carbons (Fsp3) is 0.139. The van der Waals surface area contributed by atoms with Crippen molar-refractivity contribution < 1.29 is 13.6 Å². The zero-order valence-electron chi connectivity index (χ0n) is 26.2. The van der Waals surface area contributed by atoms with E-state index in [0.29, 0.717) is 57.1 Å². The minimum absolute atomic E-state index is 0.201. The molecule has 4 aromatic heterocycles. The summed E-state index contributed by atoms with van der Waals surface area (Å²) in [5, 5.41) is 13.6. The van der Waals surface area contributed by atoms with E-state index in [9.17, 15) is 9.18 Å². The van der Waals surface area contributed by atoms with Gasteiger partial charge in [-0.3, -0.25) is 19.9 Å². The Labute approximate surface area is 274 Å². The number of amides is 1. The third-order valence-electron chi connectivity index (χ3n) is 7.89. The molecule has 4 N–H and O–H groups in total. The van der Waals surface area contributed by atoms with Crippen LogP contribution in [0.3, 0.4) is 0 Å². The van der Waals surface area contributed by atoms with Crippen molar-refractivity contribution >= 4 is 39.2 Å². The Bertz CT molecular complexity index is 2260. The van der Waals surface area contributed by atoms with Gasteiger partial charge in [0.25, 0.3) is 0 Å². The first-order valence-corrected chi connectivity index (χ1v) is 15.3. The first-order chi connectivity index (χ1) is 23.3. The SMILES string of the molecule is CN(C)CCNc1cc(F)cc(-c2nccc3[nH]c(-c4n[nH]c5ccc(-c6cncc(NC(=O)Cc7ccccc7)c6)c(F)c45)nc23)c1. The second-order valence-corrected chi connectivity index (χ2v) is 11.7. The lowest BCUT2D eigenvalue weighted by Crippen LogP contribution is -2.20. The van der Waals surface area contributed by atoms with Crippen LogP contribution in [-0.4, -0.2) is 68.1 Å². The summed E-state index contributed by atoms with van der Waals surface area (Å²) in [4.78, 5) is 31.5. The van der Waals surface area contributed by atoms with E-state index in [1.807, 2.05) is 55.4 Å². The van der Waals surface area contributed by atoms with Gasteiger partial charge in [-0.25, -0.2) is 13.8 Å². The maximum atomic E-state index is 16.4. The van der Waals surface area contributed by atoms with Crippen molar-refractivity contribution in [2.45, 2.75) is 6.42 Å². The first-order valence-electron chi connectivity index (χ1n) is 15.3. The number of benzene rings is 3. The van der Waals surface area contributed by atoms with Gasteiger partial charge in [0.15, 0.2) is 5.82 Å². The molecule has 0 atom stereocenters. The lowest BCUT2D eigenvalue weighted by Gasteiger charge is -2.12. The molecule has 0 aliphatic rings. The third-order valence-corrected chi connectivity index (χ3v) is 7.89. The van der Waals surface area contributed by atoms with E-state index < -0.39 is 11.6 Å². The van der Waals surface area contributed by atoms with Crippen LogP contribution in [0.1, 0.15) is 5.56 Å². The number of aromatic amines is 2. The molecule has 0 spiro atoms. The van der Waals surface area contributed by atoms with Gasteiger partial charge in [0.05, 0.1) is 40.4 Å². The molecule has 0 aliphatic heterocycles. The van der Waals surface area contributed by atoms with E-state index in [4.69, 9.17) is 4.98 Å². The van der Waals surface area contributed by atoms with Crippen LogP contribution >= 0.6 is 0 Å². The fourth-order valence-electron chi connectivity index (χ4n) is 5.62. The molecule has 1 amide bonds. The Kier molecular flexibility index (Phi) is 8.30. The molecule has 12 heteroatoms. The van der Waals surface area contributed by atoms with E-state index in [1.165, 1.54) is 18.3 Å². The molecule has 0 fully saturated rings. The van der Waals surface area contributed by atoms with Gasteiger partial charge in [-0.05, 0) is 62.1 Å². The van der Waals surface area contributed by atoms with Crippen LogP contribution in [0, 0.1) is 11.6 Å².